The standard InChI is InChI=1S/C13H14F3N3/c1-9(19-8-12-17-5-6-18-12)10-3-2-4-11(7-10)13(14,15)16/h2-7,9,19H,8H2,1H3,(H,17,18)/t9-/m1/s1. The molecule has 0 aliphatic carbocycles. The average molecular weight is 269 g/mol. The van der Waals surface area contributed by atoms with Crippen molar-refractivity contribution in [3.05, 3.63) is 53.6 Å². The highest BCUT2D eigenvalue weighted by molar-refractivity contribution is 5.27. The molecule has 6 heteroatoms. The van der Waals surface area contributed by atoms with Gasteiger partial charge in [-0.15, -0.1) is 0 Å². The number of H-pyrrole nitrogens is 1. The van der Waals surface area contributed by atoms with Crippen LogP contribution in [0.3, 0.4) is 0 Å². The topological polar surface area (TPSA) is 40.7 Å². The second-order valence-corrected chi connectivity index (χ2v) is 4.26. The molecule has 3 nitrogen and oxygen atoms in total. The molecule has 2 rings (SSSR count). The number of aromatic nitrogens is 2. The van der Waals surface area contributed by atoms with Crippen LogP contribution in [0.15, 0.2) is 36.7 Å². The molecule has 1 aromatic carbocycles. The highest BCUT2D eigenvalue weighted by atomic mass is 19.4. The van der Waals surface area contributed by atoms with Gasteiger partial charge >= 0.3 is 6.18 Å². The van der Waals surface area contributed by atoms with E-state index in [1.807, 2.05) is 6.92 Å². The number of rotatable bonds is 4. The summed E-state index contributed by atoms with van der Waals surface area (Å²) in [5, 5.41) is 3.12. The van der Waals surface area contributed by atoms with Crippen molar-refractivity contribution in [1.29, 1.82) is 0 Å². The molecular formula is C13H14F3N3. The first kappa shape index (κ1) is 13.6. The van der Waals surface area contributed by atoms with E-state index in [0.717, 1.165) is 11.9 Å². The lowest BCUT2D eigenvalue weighted by Crippen LogP contribution is -2.19. The number of alkyl halides is 3. The highest BCUT2D eigenvalue weighted by Gasteiger charge is 2.30. The molecule has 19 heavy (non-hydrogen) atoms. The number of hydrogen-bond acceptors (Lipinski definition) is 2. The smallest absolute Gasteiger partial charge is 0.348 e. The van der Waals surface area contributed by atoms with Crippen LogP contribution in [0.5, 0.6) is 0 Å². The van der Waals surface area contributed by atoms with Crippen LogP contribution in [0.2, 0.25) is 0 Å². The molecule has 0 saturated carbocycles. The average Bonchev–Trinajstić information content (AvgIpc) is 2.88. The Morgan fingerprint density at radius 3 is 2.79 bits per heavy atom. The number of benzene rings is 1. The van der Waals surface area contributed by atoms with E-state index >= 15 is 0 Å². The molecule has 2 N–H and O–H groups in total. The van der Waals surface area contributed by atoms with Gasteiger partial charge in [0.15, 0.2) is 0 Å². The predicted octanol–water partition coefficient (Wildman–Crippen LogP) is 3.28. The van der Waals surface area contributed by atoms with E-state index in [2.05, 4.69) is 15.3 Å². The summed E-state index contributed by atoms with van der Waals surface area (Å²) in [5.41, 5.74) is -0.0296. The minimum atomic E-state index is -4.31. The molecule has 1 heterocycles. The fourth-order valence-electron chi connectivity index (χ4n) is 1.75. The van der Waals surface area contributed by atoms with Gasteiger partial charge < -0.3 is 10.3 Å². The van der Waals surface area contributed by atoms with Gasteiger partial charge in [-0.2, -0.15) is 13.2 Å². The third-order valence-electron chi connectivity index (χ3n) is 2.84. The van der Waals surface area contributed by atoms with Gasteiger partial charge in [0, 0.05) is 18.4 Å². The number of aromatic amines is 1. The maximum atomic E-state index is 12.6. The summed E-state index contributed by atoms with van der Waals surface area (Å²) in [5.74, 6) is 0.749. The molecule has 0 aliphatic heterocycles. The molecular weight excluding hydrogens is 255 g/mol. The van der Waals surface area contributed by atoms with Crippen LogP contribution in [0.1, 0.15) is 29.9 Å². The minimum Gasteiger partial charge on any atom is -0.348 e. The number of nitrogens with zero attached hydrogens (tertiary/aromatic N) is 1. The van der Waals surface area contributed by atoms with Crippen molar-refractivity contribution in [2.75, 3.05) is 0 Å². The molecule has 0 saturated heterocycles. The third-order valence-corrected chi connectivity index (χ3v) is 2.84. The quantitative estimate of drug-likeness (QED) is 0.894. The van der Waals surface area contributed by atoms with Crippen molar-refractivity contribution in [1.82, 2.24) is 15.3 Å². The van der Waals surface area contributed by atoms with E-state index in [0.29, 0.717) is 12.1 Å². The van der Waals surface area contributed by atoms with Crippen LogP contribution in [0.25, 0.3) is 0 Å². The summed E-state index contributed by atoms with van der Waals surface area (Å²) >= 11 is 0. The van der Waals surface area contributed by atoms with Gasteiger partial charge in [0.1, 0.15) is 5.82 Å². The number of hydrogen-bond donors (Lipinski definition) is 2. The monoisotopic (exact) mass is 269 g/mol. The van der Waals surface area contributed by atoms with Gasteiger partial charge in [0.25, 0.3) is 0 Å². The Morgan fingerprint density at radius 1 is 1.37 bits per heavy atom. The van der Waals surface area contributed by atoms with Gasteiger partial charge in [0.2, 0.25) is 0 Å². The van der Waals surface area contributed by atoms with Crippen LogP contribution >= 0.6 is 0 Å². The van der Waals surface area contributed by atoms with Gasteiger partial charge in [-0.25, -0.2) is 4.98 Å². The maximum absolute atomic E-state index is 12.6. The van der Waals surface area contributed by atoms with Crippen LogP contribution in [-0.4, -0.2) is 9.97 Å². The minimum absolute atomic E-state index is 0.188. The van der Waals surface area contributed by atoms with Gasteiger partial charge in [-0.05, 0) is 24.6 Å². The molecule has 1 atom stereocenters. The van der Waals surface area contributed by atoms with Crippen LogP contribution in [0, 0.1) is 0 Å². The van der Waals surface area contributed by atoms with E-state index in [9.17, 15) is 13.2 Å². The summed E-state index contributed by atoms with van der Waals surface area (Å²) < 4.78 is 37.8. The Bertz CT molecular complexity index is 520. The van der Waals surface area contributed by atoms with Gasteiger partial charge in [-0.3, -0.25) is 0 Å². The van der Waals surface area contributed by atoms with E-state index < -0.39 is 11.7 Å². The molecule has 0 aliphatic rings. The number of halogens is 3. The first-order valence-corrected chi connectivity index (χ1v) is 5.85. The molecule has 0 radical (unpaired) electrons. The van der Waals surface area contributed by atoms with Gasteiger partial charge in [-0.1, -0.05) is 12.1 Å². The molecule has 0 bridgehead atoms. The Morgan fingerprint density at radius 2 is 2.16 bits per heavy atom. The van der Waals surface area contributed by atoms with Crippen molar-refractivity contribution in [3.8, 4) is 0 Å². The summed E-state index contributed by atoms with van der Waals surface area (Å²) in [6, 6.07) is 5.15. The summed E-state index contributed by atoms with van der Waals surface area (Å²) in [6.07, 6.45) is -0.978. The highest BCUT2D eigenvalue weighted by Crippen LogP contribution is 2.30. The van der Waals surface area contributed by atoms with E-state index in [-0.39, 0.29) is 6.04 Å². The number of imidazole rings is 1. The molecule has 102 valence electrons. The predicted molar refractivity (Wildman–Crippen MR) is 65.3 cm³/mol. The van der Waals surface area contributed by atoms with E-state index in [1.54, 1.807) is 18.5 Å². The molecule has 0 unspecified atom stereocenters. The SMILES string of the molecule is C[C@@H](NCc1ncc[nH]1)c1cccc(C(F)(F)F)c1. The van der Waals surface area contributed by atoms with Crippen LogP contribution in [0.4, 0.5) is 13.2 Å². The largest absolute Gasteiger partial charge is 0.416 e. The summed E-state index contributed by atoms with van der Waals surface area (Å²) in [7, 11) is 0. The normalized spacial score (nSPS) is 13.5. The lowest BCUT2D eigenvalue weighted by molar-refractivity contribution is -0.137. The molecule has 0 fully saturated rings. The van der Waals surface area contributed by atoms with Crippen molar-refractivity contribution in [2.24, 2.45) is 0 Å². The maximum Gasteiger partial charge on any atom is 0.416 e. The zero-order chi connectivity index (χ0) is 13.9. The van der Waals surface area contributed by atoms with E-state index in [1.165, 1.54) is 12.1 Å². The summed E-state index contributed by atoms with van der Waals surface area (Å²) in [6.45, 7) is 2.29. The second kappa shape index (κ2) is 5.44. The fourth-order valence-corrected chi connectivity index (χ4v) is 1.75. The summed E-state index contributed by atoms with van der Waals surface area (Å²) in [4.78, 5) is 6.97. The Hall–Kier alpha value is -1.82. The zero-order valence-corrected chi connectivity index (χ0v) is 10.3. The molecule has 0 spiro atoms. The van der Waals surface area contributed by atoms with Crippen LogP contribution < -0.4 is 5.32 Å². The zero-order valence-electron chi connectivity index (χ0n) is 10.3. The van der Waals surface area contributed by atoms with Crippen molar-refractivity contribution in [3.63, 3.8) is 0 Å². The molecule has 2 aromatic rings. The first-order chi connectivity index (χ1) is 8.97. The Balaban J connectivity index is 2.04. The number of nitrogens with one attached hydrogen (secondary N) is 2. The van der Waals surface area contributed by atoms with Crippen molar-refractivity contribution >= 4 is 0 Å². The lowest BCUT2D eigenvalue weighted by Gasteiger charge is -2.15. The van der Waals surface area contributed by atoms with Crippen molar-refractivity contribution in [2.45, 2.75) is 25.7 Å². The first-order valence-electron chi connectivity index (χ1n) is 5.85. The molecule has 0 amide bonds. The fraction of sp³-hybridized carbons (Fsp3) is 0.308. The Kier molecular flexibility index (Phi) is 3.90. The lowest BCUT2D eigenvalue weighted by atomic mass is 10.0. The molecule has 1 aromatic heterocycles. The van der Waals surface area contributed by atoms with Gasteiger partial charge in [0.05, 0.1) is 12.1 Å². The van der Waals surface area contributed by atoms with Crippen molar-refractivity contribution < 1.29 is 13.2 Å². The second-order valence-electron chi connectivity index (χ2n) is 4.26. The third kappa shape index (κ3) is 3.57. The Labute approximate surface area is 108 Å². The van der Waals surface area contributed by atoms with E-state index in [4.69, 9.17) is 0 Å². The van der Waals surface area contributed by atoms with Crippen LogP contribution in [-0.2, 0) is 12.7 Å².